The van der Waals surface area contributed by atoms with Gasteiger partial charge >= 0.3 is 0 Å². The maximum atomic E-state index is 11.6. The van der Waals surface area contributed by atoms with E-state index >= 15 is 0 Å². The zero-order valence-electron chi connectivity index (χ0n) is 18.7. The molecular formula is C20H31N3O9. The van der Waals surface area contributed by atoms with E-state index in [1.807, 2.05) is 12.1 Å². The van der Waals surface area contributed by atoms with Gasteiger partial charge in [-0.2, -0.15) is 0 Å². The lowest BCUT2D eigenvalue weighted by Gasteiger charge is -2.33. The summed E-state index contributed by atoms with van der Waals surface area (Å²) in [5.74, 6) is 0.709. The normalized spacial score (nSPS) is 27.3. The quantitative estimate of drug-likeness (QED) is 0.137. The molecule has 1 aromatic rings. The van der Waals surface area contributed by atoms with Crippen LogP contribution in [0.5, 0.6) is 5.75 Å². The highest BCUT2D eigenvalue weighted by atomic mass is 16.7. The lowest BCUT2D eigenvalue weighted by Crippen LogP contribution is -2.53. The molecule has 12 heteroatoms. The average molecular weight is 457 g/mol. The number of aliphatic hydroxyl groups is 1. The molecule has 1 aromatic carbocycles. The van der Waals surface area contributed by atoms with Crippen molar-refractivity contribution in [1.82, 2.24) is 0 Å². The summed E-state index contributed by atoms with van der Waals surface area (Å²) in [7, 11) is 5.95. The highest BCUT2D eigenvalue weighted by Gasteiger charge is 2.62. The molecule has 12 nitrogen and oxygen atoms in total. The predicted molar refractivity (Wildman–Crippen MR) is 111 cm³/mol. The minimum atomic E-state index is -1.79. The number of methoxy groups -OCH3 is 4. The zero-order valence-corrected chi connectivity index (χ0v) is 18.7. The molecule has 1 aliphatic rings. The third-order valence-electron chi connectivity index (χ3n) is 4.99. The van der Waals surface area contributed by atoms with Crippen LogP contribution in [0, 0.1) is 0 Å². The van der Waals surface area contributed by atoms with Crippen LogP contribution in [0.25, 0.3) is 10.4 Å². The molecule has 0 unspecified atom stereocenters. The molecule has 0 radical (unpaired) electrons. The SMILES string of the molecule is COCOC[C@]1(O)[C@H](N=[N+]=[N-])[C@H](OCc2ccc(OC)cc2)[C@@H](OCOC)[C@@H]1OCOC. The summed E-state index contributed by atoms with van der Waals surface area (Å²) in [6, 6.07) is 6.20. The first-order valence-corrected chi connectivity index (χ1v) is 9.84. The Morgan fingerprint density at radius 2 is 1.59 bits per heavy atom. The van der Waals surface area contributed by atoms with Crippen LogP contribution in [-0.4, -0.2) is 90.5 Å². The molecule has 0 aromatic heterocycles. The molecule has 2 rings (SSSR count). The van der Waals surface area contributed by atoms with Crippen LogP contribution in [0.2, 0.25) is 0 Å². The van der Waals surface area contributed by atoms with Crippen LogP contribution in [-0.2, 0) is 39.8 Å². The van der Waals surface area contributed by atoms with Crippen LogP contribution in [0.15, 0.2) is 29.4 Å². The van der Waals surface area contributed by atoms with E-state index in [1.54, 1.807) is 19.2 Å². The van der Waals surface area contributed by atoms with E-state index in [0.29, 0.717) is 5.75 Å². The van der Waals surface area contributed by atoms with Crippen molar-refractivity contribution >= 4 is 0 Å². The van der Waals surface area contributed by atoms with Crippen molar-refractivity contribution in [3.63, 3.8) is 0 Å². The molecule has 0 heterocycles. The summed E-state index contributed by atoms with van der Waals surface area (Å²) in [6.45, 7) is -0.418. The van der Waals surface area contributed by atoms with Gasteiger partial charge in [0.2, 0.25) is 0 Å². The number of nitrogens with zero attached hydrogens (tertiary/aromatic N) is 3. The van der Waals surface area contributed by atoms with E-state index in [2.05, 4.69) is 10.0 Å². The van der Waals surface area contributed by atoms with E-state index in [9.17, 15) is 10.6 Å². The number of hydrogen-bond acceptors (Lipinski definition) is 10. The van der Waals surface area contributed by atoms with Crippen molar-refractivity contribution in [1.29, 1.82) is 0 Å². The Labute approximate surface area is 186 Å². The molecule has 0 bridgehead atoms. The molecule has 0 amide bonds. The summed E-state index contributed by atoms with van der Waals surface area (Å²) in [4.78, 5) is 2.91. The minimum Gasteiger partial charge on any atom is -0.497 e. The molecule has 5 atom stereocenters. The van der Waals surface area contributed by atoms with E-state index < -0.39 is 30.0 Å². The first kappa shape index (κ1) is 26.3. The Kier molecular flexibility index (Phi) is 11.1. The fourth-order valence-electron chi connectivity index (χ4n) is 3.58. The number of azide groups is 1. The number of hydrogen-bond donors (Lipinski definition) is 1. The lowest BCUT2D eigenvalue weighted by molar-refractivity contribution is -0.214. The minimum absolute atomic E-state index is 0.0801. The summed E-state index contributed by atoms with van der Waals surface area (Å²) >= 11 is 0. The molecule has 1 N–H and O–H groups in total. The van der Waals surface area contributed by atoms with Crippen molar-refractivity contribution in [2.45, 2.75) is 36.6 Å². The van der Waals surface area contributed by atoms with Crippen LogP contribution in [0.3, 0.4) is 0 Å². The maximum Gasteiger partial charge on any atom is 0.146 e. The van der Waals surface area contributed by atoms with Gasteiger partial charge in [-0.25, -0.2) is 0 Å². The highest BCUT2D eigenvalue weighted by molar-refractivity contribution is 5.27. The van der Waals surface area contributed by atoms with E-state index in [1.165, 1.54) is 21.3 Å². The summed E-state index contributed by atoms with van der Waals surface area (Å²) < 4.78 is 43.2. The van der Waals surface area contributed by atoms with Gasteiger partial charge in [0, 0.05) is 26.2 Å². The number of rotatable bonds is 15. The number of ether oxygens (including phenoxy) is 8. The molecular weight excluding hydrogens is 426 g/mol. The average Bonchev–Trinajstić information content (AvgIpc) is 3.02. The highest BCUT2D eigenvalue weighted by Crippen LogP contribution is 2.40. The maximum absolute atomic E-state index is 11.6. The van der Waals surface area contributed by atoms with E-state index in [4.69, 9.17) is 37.9 Å². The van der Waals surface area contributed by atoms with Crippen LogP contribution < -0.4 is 4.74 Å². The van der Waals surface area contributed by atoms with Crippen molar-refractivity contribution in [3.05, 3.63) is 40.3 Å². The Balaban J connectivity index is 2.33. The first-order valence-electron chi connectivity index (χ1n) is 9.84. The third kappa shape index (κ3) is 6.51. The van der Waals surface area contributed by atoms with Gasteiger partial charge < -0.3 is 43.0 Å². The van der Waals surface area contributed by atoms with Crippen LogP contribution in [0.4, 0.5) is 0 Å². The predicted octanol–water partition coefficient (Wildman–Crippen LogP) is 1.60. The van der Waals surface area contributed by atoms with Gasteiger partial charge in [0.1, 0.15) is 43.9 Å². The van der Waals surface area contributed by atoms with Gasteiger partial charge in [-0.3, -0.25) is 0 Å². The smallest absolute Gasteiger partial charge is 0.146 e. The van der Waals surface area contributed by atoms with Crippen LogP contribution >= 0.6 is 0 Å². The first-order chi connectivity index (χ1) is 15.5. The van der Waals surface area contributed by atoms with Gasteiger partial charge in [-0.1, -0.05) is 17.2 Å². The summed E-state index contributed by atoms with van der Waals surface area (Å²) in [5.41, 5.74) is 8.26. The Morgan fingerprint density at radius 1 is 0.938 bits per heavy atom. The van der Waals surface area contributed by atoms with Crippen molar-refractivity contribution in [3.8, 4) is 5.75 Å². The summed E-state index contributed by atoms with van der Waals surface area (Å²) in [5, 5.41) is 15.4. The summed E-state index contributed by atoms with van der Waals surface area (Å²) in [6.07, 6.45) is -2.73. The van der Waals surface area contributed by atoms with Gasteiger partial charge in [0.05, 0.1) is 32.5 Å². The Bertz CT molecular complexity index is 717. The number of benzene rings is 1. The molecule has 1 saturated carbocycles. The van der Waals surface area contributed by atoms with Gasteiger partial charge in [0.15, 0.2) is 0 Å². The molecule has 1 aliphatic carbocycles. The van der Waals surface area contributed by atoms with Gasteiger partial charge in [-0.05, 0) is 23.2 Å². The standard InChI is InChI=1S/C20H31N3O9/c1-25-11-29-10-20(24)18(22-23-21)16(17(31-12-26-2)19(20)32-13-27-3)30-9-14-5-7-15(28-4)8-6-14/h5-8,16-19,24H,9-13H2,1-4H3/t16-,17-,18-,19+,20+/m1/s1. The van der Waals surface area contributed by atoms with E-state index in [-0.39, 0.29) is 33.6 Å². The second kappa shape index (κ2) is 13.5. The molecule has 0 aliphatic heterocycles. The second-order valence-electron chi connectivity index (χ2n) is 7.05. The van der Waals surface area contributed by atoms with Gasteiger partial charge in [-0.15, -0.1) is 0 Å². The molecule has 0 spiro atoms. The third-order valence-corrected chi connectivity index (χ3v) is 4.99. The fraction of sp³-hybridized carbons (Fsp3) is 0.700. The topological polar surface area (TPSA) is 143 Å². The molecule has 1 fully saturated rings. The van der Waals surface area contributed by atoms with Crippen molar-refractivity contribution < 1.29 is 43.0 Å². The molecule has 0 saturated heterocycles. The molecule has 32 heavy (non-hydrogen) atoms. The fourth-order valence-corrected chi connectivity index (χ4v) is 3.58. The van der Waals surface area contributed by atoms with Crippen LogP contribution in [0.1, 0.15) is 5.56 Å². The molecule has 180 valence electrons. The second-order valence-corrected chi connectivity index (χ2v) is 7.05. The zero-order chi connectivity index (χ0) is 23.4. The largest absolute Gasteiger partial charge is 0.497 e. The Hall–Kier alpha value is -1.99. The van der Waals surface area contributed by atoms with Crippen molar-refractivity contribution in [2.24, 2.45) is 5.11 Å². The lowest BCUT2D eigenvalue weighted by atomic mass is 9.96. The Morgan fingerprint density at radius 3 is 2.19 bits per heavy atom. The van der Waals surface area contributed by atoms with Gasteiger partial charge in [0.25, 0.3) is 0 Å². The van der Waals surface area contributed by atoms with Crippen molar-refractivity contribution in [2.75, 3.05) is 55.4 Å². The van der Waals surface area contributed by atoms with E-state index in [0.717, 1.165) is 5.56 Å². The monoisotopic (exact) mass is 457 g/mol.